The molecule has 2 fully saturated rings. The van der Waals surface area contributed by atoms with Crippen molar-refractivity contribution in [2.75, 3.05) is 13.1 Å². The van der Waals surface area contributed by atoms with Gasteiger partial charge in [0.2, 0.25) is 11.9 Å². The van der Waals surface area contributed by atoms with Gasteiger partial charge in [-0.2, -0.15) is 5.10 Å². The molecule has 0 aromatic carbocycles. The van der Waals surface area contributed by atoms with E-state index in [2.05, 4.69) is 22.1 Å². The van der Waals surface area contributed by atoms with Crippen molar-refractivity contribution in [3.05, 3.63) is 46.1 Å². The van der Waals surface area contributed by atoms with Crippen LogP contribution in [-0.2, 0) is 4.79 Å². The molecule has 0 saturated carbocycles. The van der Waals surface area contributed by atoms with Gasteiger partial charge in [-0.1, -0.05) is 20.8 Å². The Morgan fingerprint density at radius 2 is 1.97 bits per heavy atom. The van der Waals surface area contributed by atoms with Crippen molar-refractivity contribution in [3.63, 3.8) is 0 Å². The lowest BCUT2D eigenvalue weighted by atomic mass is 9.93. The Hall–Kier alpha value is -3.43. The second kappa shape index (κ2) is 7.29. The van der Waals surface area contributed by atoms with Crippen LogP contribution in [0.4, 0.5) is 0 Å². The number of rotatable bonds is 2. The average Bonchev–Trinajstić information content (AvgIpc) is 3.49. The Morgan fingerprint density at radius 3 is 2.70 bits per heavy atom. The predicted octanol–water partition coefficient (Wildman–Crippen LogP) is 1.62. The summed E-state index contributed by atoms with van der Waals surface area (Å²) in [5.41, 5.74) is 0.767. The second-order valence-electron chi connectivity index (χ2n) is 10.3. The van der Waals surface area contributed by atoms with Crippen LogP contribution in [0.3, 0.4) is 0 Å². The monoisotopic (exact) mass is 451 g/mol. The van der Waals surface area contributed by atoms with Crippen LogP contribution in [0.1, 0.15) is 50.2 Å². The van der Waals surface area contributed by atoms with Crippen molar-refractivity contribution in [1.82, 2.24) is 34.2 Å². The average molecular weight is 452 g/mol. The molecular weight excluding hydrogens is 422 g/mol. The van der Waals surface area contributed by atoms with E-state index < -0.39 is 5.41 Å². The van der Waals surface area contributed by atoms with E-state index in [1.54, 1.807) is 25.3 Å². The van der Waals surface area contributed by atoms with Gasteiger partial charge in [0.25, 0.3) is 11.5 Å². The number of nitrogens with one attached hydrogen (secondary N) is 1. The van der Waals surface area contributed by atoms with Gasteiger partial charge in [0.1, 0.15) is 5.52 Å². The number of hydrogen-bond donors (Lipinski definition) is 1. The van der Waals surface area contributed by atoms with E-state index in [-0.39, 0.29) is 41.3 Å². The minimum Gasteiger partial charge on any atom is -0.336 e. The molecule has 2 aliphatic rings. The Balaban J connectivity index is 1.40. The van der Waals surface area contributed by atoms with Gasteiger partial charge < -0.3 is 9.80 Å². The lowest BCUT2D eigenvalue weighted by Gasteiger charge is -2.34. The molecule has 10 nitrogen and oxygen atoms in total. The van der Waals surface area contributed by atoms with Gasteiger partial charge >= 0.3 is 0 Å². The van der Waals surface area contributed by atoms with Crippen molar-refractivity contribution in [2.45, 2.75) is 53.1 Å². The Bertz CT molecular complexity index is 1310. The zero-order valence-electron chi connectivity index (χ0n) is 19.6. The number of nitrogens with zero attached hydrogens (tertiary/aromatic N) is 6. The number of aromatic nitrogens is 5. The molecule has 0 spiro atoms. The van der Waals surface area contributed by atoms with Crippen LogP contribution in [0.2, 0.25) is 0 Å². The van der Waals surface area contributed by atoms with E-state index in [4.69, 9.17) is 0 Å². The molecule has 3 aromatic rings. The van der Waals surface area contributed by atoms with E-state index in [9.17, 15) is 14.4 Å². The molecule has 1 N–H and O–H groups in total. The topological polar surface area (TPSA) is 109 Å². The highest BCUT2D eigenvalue weighted by molar-refractivity contribution is 5.95. The number of amides is 2. The summed E-state index contributed by atoms with van der Waals surface area (Å²) in [6, 6.07) is 3.64. The molecule has 2 aliphatic heterocycles. The molecule has 33 heavy (non-hydrogen) atoms. The van der Waals surface area contributed by atoms with Gasteiger partial charge in [0.15, 0.2) is 0 Å². The number of hydrogen-bond acceptors (Lipinski definition) is 5. The number of carbonyl (C=O) groups is 2. The van der Waals surface area contributed by atoms with Crippen molar-refractivity contribution in [2.24, 2.45) is 11.3 Å². The fourth-order valence-corrected chi connectivity index (χ4v) is 5.21. The molecule has 2 amide bonds. The highest BCUT2D eigenvalue weighted by Crippen LogP contribution is 2.38. The standard InChI is InChI=1S/C23H29N7O3/c1-13-9-15-11-27(12-18(15)29(13)21(33)23(3,4)5)20(32)16-10-24-30(14(16)2)22-25-19(31)17-7-6-8-28(17)26-22/h6-8,10,13,15,18H,9,11-12H2,1-5H3,(H,25,26,31). The quantitative estimate of drug-likeness (QED) is 0.637. The smallest absolute Gasteiger partial charge is 0.276 e. The molecule has 2 saturated heterocycles. The van der Waals surface area contributed by atoms with Gasteiger partial charge in [-0.05, 0) is 32.4 Å². The summed E-state index contributed by atoms with van der Waals surface area (Å²) in [5.74, 6) is 0.540. The second-order valence-corrected chi connectivity index (χ2v) is 10.3. The van der Waals surface area contributed by atoms with Crippen LogP contribution < -0.4 is 5.56 Å². The van der Waals surface area contributed by atoms with Gasteiger partial charge in [-0.3, -0.25) is 19.4 Å². The largest absolute Gasteiger partial charge is 0.336 e. The summed E-state index contributed by atoms with van der Waals surface area (Å²) in [6.07, 6.45) is 4.11. The molecule has 5 heterocycles. The normalized spacial score (nSPS) is 22.9. The number of H-pyrrole nitrogens is 1. The van der Waals surface area contributed by atoms with Gasteiger partial charge in [-0.15, -0.1) is 5.10 Å². The molecule has 0 radical (unpaired) electrons. The van der Waals surface area contributed by atoms with Gasteiger partial charge in [-0.25, -0.2) is 9.20 Å². The molecule has 0 bridgehead atoms. The van der Waals surface area contributed by atoms with E-state index in [0.717, 1.165) is 6.42 Å². The molecule has 10 heteroatoms. The molecule has 3 unspecified atom stereocenters. The minimum atomic E-state index is -0.455. The van der Waals surface area contributed by atoms with Gasteiger partial charge in [0.05, 0.1) is 23.5 Å². The zero-order valence-corrected chi connectivity index (χ0v) is 19.6. The summed E-state index contributed by atoms with van der Waals surface area (Å²) in [7, 11) is 0. The van der Waals surface area contributed by atoms with E-state index in [1.807, 2.05) is 30.6 Å². The number of fused-ring (bicyclic) bond motifs is 2. The van der Waals surface area contributed by atoms with Crippen LogP contribution in [0.5, 0.6) is 0 Å². The third-order valence-electron chi connectivity index (χ3n) is 6.88. The van der Waals surface area contributed by atoms with Crippen molar-refractivity contribution < 1.29 is 9.59 Å². The number of likely N-dealkylation sites (tertiary alicyclic amines) is 2. The first kappa shape index (κ1) is 21.4. The molecule has 3 atom stereocenters. The van der Waals surface area contributed by atoms with Gasteiger partial charge in [0, 0.05) is 36.7 Å². The Morgan fingerprint density at radius 1 is 1.21 bits per heavy atom. The van der Waals surface area contributed by atoms with Crippen molar-refractivity contribution in [3.8, 4) is 5.95 Å². The van der Waals surface area contributed by atoms with Crippen molar-refractivity contribution in [1.29, 1.82) is 0 Å². The molecule has 3 aromatic heterocycles. The summed E-state index contributed by atoms with van der Waals surface area (Å²) < 4.78 is 2.96. The first-order chi connectivity index (χ1) is 15.6. The Labute approximate surface area is 191 Å². The van der Waals surface area contributed by atoms with E-state index in [0.29, 0.717) is 29.9 Å². The van der Waals surface area contributed by atoms with Crippen LogP contribution in [0.25, 0.3) is 11.5 Å². The predicted molar refractivity (Wildman–Crippen MR) is 121 cm³/mol. The summed E-state index contributed by atoms with van der Waals surface area (Å²) in [6.45, 7) is 10.8. The van der Waals surface area contributed by atoms with Crippen LogP contribution in [-0.4, -0.2) is 71.2 Å². The highest BCUT2D eigenvalue weighted by Gasteiger charge is 2.49. The highest BCUT2D eigenvalue weighted by atomic mass is 16.2. The summed E-state index contributed by atoms with van der Waals surface area (Å²) in [4.78, 5) is 45.3. The van der Waals surface area contributed by atoms with E-state index >= 15 is 0 Å². The number of carbonyl (C=O) groups excluding carboxylic acids is 2. The lowest BCUT2D eigenvalue weighted by Crippen LogP contribution is -2.48. The maximum Gasteiger partial charge on any atom is 0.276 e. The van der Waals surface area contributed by atoms with Crippen LogP contribution in [0.15, 0.2) is 29.3 Å². The zero-order chi connectivity index (χ0) is 23.7. The lowest BCUT2D eigenvalue weighted by molar-refractivity contribution is -0.142. The molecule has 0 aliphatic carbocycles. The van der Waals surface area contributed by atoms with E-state index in [1.165, 1.54) is 15.4 Å². The number of aromatic amines is 1. The summed E-state index contributed by atoms with van der Waals surface area (Å²) >= 11 is 0. The fraction of sp³-hybridized carbons (Fsp3) is 0.522. The third kappa shape index (κ3) is 3.35. The molecular formula is C23H29N7O3. The van der Waals surface area contributed by atoms with Crippen molar-refractivity contribution >= 4 is 17.3 Å². The van der Waals surface area contributed by atoms with Crippen LogP contribution in [0, 0.1) is 18.3 Å². The first-order valence-corrected chi connectivity index (χ1v) is 11.3. The first-order valence-electron chi connectivity index (χ1n) is 11.3. The molecule has 174 valence electrons. The Kier molecular flexibility index (Phi) is 4.73. The molecule has 5 rings (SSSR count). The third-order valence-corrected chi connectivity index (χ3v) is 6.88. The maximum absolute atomic E-state index is 13.4. The minimum absolute atomic E-state index is 0.0418. The maximum atomic E-state index is 13.4. The van der Waals surface area contributed by atoms with Crippen LogP contribution >= 0.6 is 0 Å². The fourth-order valence-electron chi connectivity index (χ4n) is 5.21. The summed E-state index contributed by atoms with van der Waals surface area (Å²) in [5, 5.41) is 8.73. The SMILES string of the molecule is Cc1c(C(=O)N2CC3CC(C)N(C(=O)C(C)(C)C)C3C2)cnn1-c1nn2cccc2c(=O)[nH]1.